The number of nitrogens with zero attached hydrogens (tertiary/aromatic N) is 1. The zero-order valence-electron chi connectivity index (χ0n) is 18.6. The maximum atomic E-state index is 13.1. The van der Waals surface area contributed by atoms with Gasteiger partial charge < -0.3 is 15.5 Å². The fraction of sp³-hybridized carbons (Fsp3) is 0.400. The quantitative estimate of drug-likeness (QED) is 0.695. The minimum atomic E-state index is -0.669. The van der Waals surface area contributed by atoms with Crippen LogP contribution in [0.25, 0.3) is 0 Å². The molecule has 1 aliphatic heterocycles. The molecule has 1 aliphatic rings. The first-order valence-electron chi connectivity index (χ1n) is 11.1. The first-order valence-corrected chi connectivity index (χ1v) is 11.1. The average Bonchev–Trinajstić information content (AvgIpc) is 2.81. The van der Waals surface area contributed by atoms with Crippen LogP contribution in [0.5, 0.6) is 0 Å². The molecule has 170 valence electrons. The van der Waals surface area contributed by atoms with Crippen LogP contribution >= 0.6 is 0 Å². The predicted molar refractivity (Wildman–Crippen MR) is 121 cm³/mol. The highest BCUT2D eigenvalue weighted by molar-refractivity contribution is 5.98. The molecule has 1 saturated heterocycles. The molecule has 0 bridgehead atoms. The molecular formula is C25H30FN3O3. The molecule has 0 radical (unpaired) electrons. The van der Waals surface area contributed by atoms with Gasteiger partial charge in [-0.3, -0.25) is 14.4 Å². The van der Waals surface area contributed by atoms with Crippen LogP contribution in [0.2, 0.25) is 0 Å². The average molecular weight is 440 g/mol. The van der Waals surface area contributed by atoms with E-state index in [1.54, 1.807) is 17.0 Å². The van der Waals surface area contributed by atoms with Crippen molar-refractivity contribution < 1.29 is 18.8 Å². The Morgan fingerprint density at radius 3 is 2.38 bits per heavy atom. The first-order chi connectivity index (χ1) is 15.4. The summed E-state index contributed by atoms with van der Waals surface area (Å²) >= 11 is 0. The summed E-state index contributed by atoms with van der Waals surface area (Å²) in [6, 6.07) is 12.1. The zero-order valence-corrected chi connectivity index (χ0v) is 18.6. The van der Waals surface area contributed by atoms with Crippen molar-refractivity contribution in [1.29, 1.82) is 0 Å². The SMILES string of the molecule is CCCNC(=O)[C@H](NC(=O)c1cccc(C)c1)C1CCN(C(=O)c2ccc(F)cc2)CC1. The minimum Gasteiger partial charge on any atom is -0.354 e. The summed E-state index contributed by atoms with van der Waals surface area (Å²) in [7, 11) is 0. The number of hydrogen-bond acceptors (Lipinski definition) is 3. The first kappa shape index (κ1) is 23.4. The molecule has 1 fully saturated rings. The fourth-order valence-corrected chi connectivity index (χ4v) is 3.98. The van der Waals surface area contributed by atoms with Crippen LogP contribution in [0.3, 0.4) is 0 Å². The number of amides is 3. The molecule has 0 saturated carbocycles. The summed E-state index contributed by atoms with van der Waals surface area (Å²) in [6.07, 6.45) is 1.98. The van der Waals surface area contributed by atoms with Crippen molar-refractivity contribution in [1.82, 2.24) is 15.5 Å². The molecule has 0 unspecified atom stereocenters. The Morgan fingerprint density at radius 2 is 1.75 bits per heavy atom. The van der Waals surface area contributed by atoms with E-state index in [1.807, 2.05) is 26.0 Å². The number of hydrogen-bond donors (Lipinski definition) is 2. The Hall–Kier alpha value is -3.22. The number of piperidine rings is 1. The lowest BCUT2D eigenvalue weighted by Gasteiger charge is -2.36. The summed E-state index contributed by atoms with van der Waals surface area (Å²) in [5, 5.41) is 5.82. The molecule has 7 heteroatoms. The number of benzene rings is 2. The molecule has 0 spiro atoms. The lowest BCUT2D eigenvalue weighted by Crippen LogP contribution is -2.54. The van der Waals surface area contributed by atoms with Gasteiger partial charge in [0.25, 0.3) is 11.8 Å². The third-order valence-corrected chi connectivity index (χ3v) is 5.79. The van der Waals surface area contributed by atoms with Crippen LogP contribution in [-0.2, 0) is 4.79 Å². The van der Waals surface area contributed by atoms with Gasteiger partial charge in [-0.2, -0.15) is 0 Å². The Labute approximate surface area is 188 Å². The van der Waals surface area contributed by atoms with Crippen LogP contribution < -0.4 is 10.6 Å². The molecule has 0 aliphatic carbocycles. The van der Waals surface area contributed by atoms with Gasteiger partial charge in [0, 0.05) is 30.8 Å². The van der Waals surface area contributed by atoms with Crippen molar-refractivity contribution in [2.75, 3.05) is 19.6 Å². The second-order valence-electron chi connectivity index (χ2n) is 8.25. The van der Waals surface area contributed by atoms with Crippen molar-refractivity contribution >= 4 is 17.7 Å². The van der Waals surface area contributed by atoms with Crippen LogP contribution in [0.4, 0.5) is 4.39 Å². The van der Waals surface area contributed by atoms with Gasteiger partial charge in [-0.15, -0.1) is 0 Å². The second kappa shape index (κ2) is 10.9. The largest absolute Gasteiger partial charge is 0.354 e. The van der Waals surface area contributed by atoms with E-state index in [-0.39, 0.29) is 29.5 Å². The fourth-order valence-electron chi connectivity index (χ4n) is 3.98. The monoisotopic (exact) mass is 439 g/mol. The maximum Gasteiger partial charge on any atom is 0.253 e. The standard InChI is InChI=1S/C25H30FN3O3/c1-3-13-27-24(31)22(28-23(30)20-6-4-5-17(2)16-20)18-11-14-29(15-12-18)25(32)19-7-9-21(26)10-8-19/h4-10,16,18,22H,3,11-15H2,1-2H3,(H,27,31)(H,28,30)/t22-/m1/s1. The summed E-state index contributed by atoms with van der Waals surface area (Å²) in [5.74, 6) is -1.10. The van der Waals surface area contributed by atoms with Crippen LogP contribution in [-0.4, -0.2) is 48.3 Å². The summed E-state index contributed by atoms with van der Waals surface area (Å²) < 4.78 is 13.1. The Kier molecular flexibility index (Phi) is 7.98. The number of carbonyl (C=O) groups excluding carboxylic acids is 3. The number of carbonyl (C=O) groups is 3. The van der Waals surface area contributed by atoms with E-state index < -0.39 is 6.04 Å². The van der Waals surface area contributed by atoms with Crippen molar-refractivity contribution in [3.63, 3.8) is 0 Å². The highest BCUT2D eigenvalue weighted by Gasteiger charge is 2.34. The van der Waals surface area contributed by atoms with Crippen molar-refractivity contribution in [2.45, 2.75) is 39.2 Å². The van der Waals surface area contributed by atoms with Gasteiger partial charge in [0.1, 0.15) is 11.9 Å². The van der Waals surface area contributed by atoms with Crippen molar-refractivity contribution in [3.8, 4) is 0 Å². The van der Waals surface area contributed by atoms with Gasteiger partial charge in [0.15, 0.2) is 0 Å². The van der Waals surface area contributed by atoms with E-state index in [2.05, 4.69) is 10.6 Å². The van der Waals surface area contributed by atoms with Gasteiger partial charge >= 0.3 is 0 Å². The molecule has 3 rings (SSSR count). The van der Waals surface area contributed by atoms with E-state index >= 15 is 0 Å². The third kappa shape index (κ3) is 5.93. The molecular weight excluding hydrogens is 409 g/mol. The molecule has 2 N–H and O–H groups in total. The normalized spacial score (nSPS) is 15.2. The zero-order chi connectivity index (χ0) is 23.1. The molecule has 0 aromatic heterocycles. The number of rotatable bonds is 7. The lowest BCUT2D eigenvalue weighted by molar-refractivity contribution is -0.124. The summed E-state index contributed by atoms with van der Waals surface area (Å²) in [6.45, 7) is 5.37. The lowest BCUT2D eigenvalue weighted by atomic mass is 9.88. The number of likely N-dealkylation sites (tertiary alicyclic amines) is 1. The molecule has 6 nitrogen and oxygen atoms in total. The second-order valence-corrected chi connectivity index (χ2v) is 8.25. The van der Waals surface area contributed by atoms with Crippen LogP contribution in [0.1, 0.15) is 52.5 Å². The highest BCUT2D eigenvalue weighted by Crippen LogP contribution is 2.23. The van der Waals surface area contributed by atoms with Crippen molar-refractivity contribution in [3.05, 3.63) is 71.0 Å². The Morgan fingerprint density at radius 1 is 1.06 bits per heavy atom. The van der Waals surface area contributed by atoms with Gasteiger partial charge in [-0.25, -0.2) is 4.39 Å². The Balaban J connectivity index is 1.67. The van der Waals surface area contributed by atoms with E-state index in [0.717, 1.165) is 12.0 Å². The highest BCUT2D eigenvalue weighted by atomic mass is 19.1. The van der Waals surface area contributed by atoms with E-state index in [4.69, 9.17) is 0 Å². The molecule has 1 heterocycles. The van der Waals surface area contributed by atoms with Gasteiger partial charge in [0.2, 0.25) is 5.91 Å². The van der Waals surface area contributed by atoms with E-state index in [0.29, 0.717) is 43.6 Å². The Bertz CT molecular complexity index is 953. The van der Waals surface area contributed by atoms with Gasteiger partial charge in [-0.05, 0) is 68.5 Å². The number of aryl methyl sites for hydroxylation is 1. The molecule has 2 aromatic rings. The smallest absolute Gasteiger partial charge is 0.253 e. The predicted octanol–water partition coefficient (Wildman–Crippen LogP) is 3.31. The van der Waals surface area contributed by atoms with E-state index in [1.165, 1.54) is 24.3 Å². The molecule has 3 amide bonds. The van der Waals surface area contributed by atoms with Crippen molar-refractivity contribution in [2.24, 2.45) is 5.92 Å². The molecule has 1 atom stereocenters. The number of halogens is 1. The van der Waals surface area contributed by atoms with Gasteiger partial charge in [0.05, 0.1) is 0 Å². The van der Waals surface area contributed by atoms with Gasteiger partial charge in [-0.1, -0.05) is 24.6 Å². The third-order valence-electron chi connectivity index (χ3n) is 5.79. The number of nitrogens with one attached hydrogen (secondary N) is 2. The molecule has 2 aromatic carbocycles. The molecule has 32 heavy (non-hydrogen) atoms. The minimum absolute atomic E-state index is 0.0853. The summed E-state index contributed by atoms with van der Waals surface area (Å²) in [4.78, 5) is 40.1. The van der Waals surface area contributed by atoms with Crippen LogP contribution in [0.15, 0.2) is 48.5 Å². The van der Waals surface area contributed by atoms with Crippen LogP contribution in [0, 0.1) is 18.7 Å². The van der Waals surface area contributed by atoms with E-state index in [9.17, 15) is 18.8 Å². The summed E-state index contributed by atoms with van der Waals surface area (Å²) in [5.41, 5.74) is 1.93. The maximum absolute atomic E-state index is 13.1. The topological polar surface area (TPSA) is 78.5 Å².